The molecule has 27 heavy (non-hydrogen) atoms. The third kappa shape index (κ3) is 3.84. The summed E-state index contributed by atoms with van der Waals surface area (Å²) in [6, 6.07) is 6.47. The van der Waals surface area contributed by atoms with Gasteiger partial charge in [-0.1, -0.05) is 31.4 Å². The van der Waals surface area contributed by atoms with Gasteiger partial charge in [0.25, 0.3) is 5.91 Å². The van der Waals surface area contributed by atoms with E-state index in [4.69, 9.17) is 0 Å². The molecule has 1 saturated carbocycles. The van der Waals surface area contributed by atoms with Crippen LogP contribution in [-0.2, 0) is 4.79 Å². The molecule has 0 atom stereocenters. The highest BCUT2D eigenvalue weighted by Gasteiger charge is 2.39. The number of aromatic nitrogens is 1. The van der Waals surface area contributed by atoms with Gasteiger partial charge in [0.2, 0.25) is 5.13 Å². The molecular weight excluding hydrogens is 381 g/mol. The Labute approximate surface area is 166 Å². The molecular formula is C20H20FN3OS2. The first kappa shape index (κ1) is 18.4. The first-order valence-corrected chi connectivity index (χ1v) is 10.8. The number of rotatable bonds is 3. The van der Waals surface area contributed by atoms with E-state index in [1.54, 1.807) is 18.3 Å². The van der Waals surface area contributed by atoms with Crippen molar-refractivity contribution in [2.45, 2.75) is 45.1 Å². The van der Waals surface area contributed by atoms with Gasteiger partial charge in [-0.15, -0.1) is 11.3 Å². The number of carbonyl (C=O) groups is 1. The summed E-state index contributed by atoms with van der Waals surface area (Å²) >= 11 is 2.86. The molecule has 2 aliphatic rings. The average Bonchev–Trinajstić information content (AvgIpc) is 3.31. The molecule has 1 aliphatic heterocycles. The lowest BCUT2D eigenvalue weighted by Crippen LogP contribution is -2.40. The monoisotopic (exact) mass is 401 g/mol. The van der Waals surface area contributed by atoms with Crippen molar-refractivity contribution in [2.75, 3.05) is 0 Å². The van der Waals surface area contributed by atoms with Crippen LogP contribution in [0.2, 0.25) is 0 Å². The molecule has 1 aliphatic carbocycles. The molecule has 1 saturated heterocycles. The van der Waals surface area contributed by atoms with E-state index in [1.807, 2.05) is 17.2 Å². The lowest BCUT2D eigenvalue weighted by molar-refractivity contribution is -0.124. The largest absolute Gasteiger partial charge is 0.283 e. The van der Waals surface area contributed by atoms with E-state index in [0.717, 1.165) is 36.8 Å². The van der Waals surface area contributed by atoms with Crippen LogP contribution in [0.4, 0.5) is 9.52 Å². The van der Waals surface area contributed by atoms with Gasteiger partial charge in [-0.2, -0.15) is 4.99 Å². The van der Waals surface area contributed by atoms with Crippen molar-refractivity contribution in [1.82, 2.24) is 9.88 Å². The Morgan fingerprint density at radius 2 is 1.96 bits per heavy atom. The van der Waals surface area contributed by atoms with E-state index in [2.05, 4.69) is 9.98 Å². The van der Waals surface area contributed by atoms with E-state index < -0.39 is 0 Å². The number of amidine groups is 1. The van der Waals surface area contributed by atoms with Crippen molar-refractivity contribution in [1.29, 1.82) is 0 Å². The predicted octanol–water partition coefficient (Wildman–Crippen LogP) is 5.61. The zero-order valence-corrected chi connectivity index (χ0v) is 16.7. The second-order valence-electron chi connectivity index (χ2n) is 6.74. The van der Waals surface area contributed by atoms with Gasteiger partial charge in [0.1, 0.15) is 5.82 Å². The lowest BCUT2D eigenvalue weighted by Gasteiger charge is -2.30. The lowest BCUT2D eigenvalue weighted by atomic mass is 9.94. The minimum absolute atomic E-state index is 0.00373. The van der Waals surface area contributed by atoms with Gasteiger partial charge in [0, 0.05) is 17.6 Å². The molecule has 1 aromatic carbocycles. The Morgan fingerprint density at radius 3 is 2.63 bits per heavy atom. The van der Waals surface area contributed by atoms with Crippen LogP contribution in [0.5, 0.6) is 0 Å². The average molecular weight is 402 g/mol. The molecule has 4 nitrogen and oxygen atoms in total. The van der Waals surface area contributed by atoms with E-state index >= 15 is 0 Å². The SMILES string of the molecule is C/C(=C1/S/C(=N/c2nccs2)N(C2CCCCC2)C1=O)c1ccc(F)cc1. The van der Waals surface area contributed by atoms with Crippen LogP contribution in [0.3, 0.4) is 0 Å². The van der Waals surface area contributed by atoms with Crippen LogP contribution in [-0.4, -0.2) is 27.0 Å². The van der Waals surface area contributed by atoms with Crippen molar-refractivity contribution < 1.29 is 9.18 Å². The minimum atomic E-state index is -0.281. The standard InChI is InChI=1S/C20H20FN3OS2/c1-13(14-7-9-15(21)10-8-14)17-18(25)24(16-5-3-2-4-6-16)20(27-17)23-19-22-11-12-26-19/h7-12,16H,2-6H2,1H3/b17-13-,23-20+. The van der Waals surface area contributed by atoms with Crippen molar-refractivity contribution in [3.05, 3.63) is 52.1 Å². The molecule has 0 unspecified atom stereocenters. The maximum atomic E-state index is 13.3. The van der Waals surface area contributed by atoms with Crippen LogP contribution in [0.15, 0.2) is 45.7 Å². The zero-order valence-electron chi connectivity index (χ0n) is 15.0. The summed E-state index contributed by atoms with van der Waals surface area (Å²) in [5.41, 5.74) is 1.71. The third-order valence-corrected chi connectivity index (χ3v) is 6.80. The number of halogens is 1. The molecule has 4 rings (SSSR count). The number of thioether (sulfide) groups is 1. The van der Waals surface area contributed by atoms with Gasteiger partial charge in [0.05, 0.1) is 4.91 Å². The maximum Gasteiger partial charge on any atom is 0.267 e. The highest BCUT2D eigenvalue weighted by Crippen LogP contribution is 2.41. The molecule has 1 amide bonds. The van der Waals surface area contributed by atoms with Gasteiger partial charge >= 0.3 is 0 Å². The Bertz CT molecular complexity index is 884. The van der Waals surface area contributed by atoms with E-state index in [0.29, 0.717) is 15.2 Å². The van der Waals surface area contributed by atoms with Crippen molar-refractivity contribution in [3.63, 3.8) is 0 Å². The number of hydrogen-bond acceptors (Lipinski definition) is 5. The Hall–Kier alpha value is -1.99. The molecule has 0 spiro atoms. The van der Waals surface area contributed by atoms with Crippen molar-refractivity contribution >= 4 is 44.9 Å². The molecule has 0 bridgehead atoms. The molecule has 2 heterocycles. The quantitative estimate of drug-likeness (QED) is 0.628. The fourth-order valence-electron chi connectivity index (χ4n) is 3.54. The van der Waals surface area contributed by atoms with Crippen LogP contribution in [0, 0.1) is 5.82 Å². The molecule has 140 valence electrons. The van der Waals surface area contributed by atoms with E-state index in [1.165, 1.54) is 41.7 Å². The van der Waals surface area contributed by atoms with Gasteiger partial charge in [0.15, 0.2) is 5.17 Å². The number of allylic oxidation sites excluding steroid dienone is 1. The van der Waals surface area contributed by atoms with Crippen molar-refractivity contribution in [2.24, 2.45) is 4.99 Å². The molecule has 1 aromatic heterocycles. The smallest absolute Gasteiger partial charge is 0.267 e. The van der Waals surface area contributed by atoms with Crippen LogP contribution in [0.25, 0.3) is 5.57 Å². The molecule has 0 N–H and O–H groups in total. The Morgan fingerprint density at radius 1 is 1.22 bits per heavy atom. The number of amides is 1. The first-order valence-electron chi connectivity index (χ1n) is 9.10. The van der Waals surface area contributed by atoms with Gasteiger partial charge in [-0.3, -0.25) is 9.69 Å². The predicted molar refractivity (Wildman–Crippen MR) is 110 cm³/mol. The summed E-state index contributed by atoms with van der Waals surface area (Å²) in [6.45, 7) is 1.92. The Balaban J connectivity index is 1.73. The number of carbonyl (C=O) groups excluding carboxylic acids is 1. The summed E-state index contributed by atoms with van der Waals surface area (Å²) in [7, 11) is 0. The first-order chi connectivity index (χ1) is 13.1. The minimum Gasteiger partial charge on any atom is -0.283 e. The topological polar surface area (TPSA) is 45.6 Å². The van der Waals surface area contributed by atoms with E-state index in [9.17, 15) is 9.18 Å². The summed E-state index contributed by atoms with van der Waals surface area (Å²) in [5.74, 6) is -0.277. The third-order valence-electron chi connectivity index (χ3n) is 4.98. The van der Waals surface area contributed by atoms with Crippen molar-refractivity contribution in [3.8, 4) is 0 Å². The van der Waals surface area contributed by atoms with Crippen LogP contribution < -0.4 is 0 Å². The summed E-state index contributed by atoms with van der Waals surface area (Å²) in [4.78, 5) is 24.7. The van der Waals surface area contributed by atoms with Gasteiger partial charge in [-0.25, -0.2) is 9.37 Å². The molecule has 2 fully saturated rings. The number of benzene rings is 1. The van der Waals surface area contributed by atoms with Crippen LogP contribution >= 0.6 is 23.1 Å². The number of aliphatic imine (C=N–C) groups is 1. The number of hydrogen-bond donors (Lipinski definition) is 0. The van der Waals surface area contributed by atoms with E-state index in [-0.39, 0.29) is 17.8 Å². The highest BCUT2D eigenvalue weighted by atomic mass is 32.2. The second-order valence-corrected chi connectivity index (χ2v) is 8.59. The van der Waals surface area contributed by atoms with Crippen LogP contribution in [0.1, 0.15) is 44.6 Å². The van der Waals surface area contributed by atoms with Gasteiger partial charge < -0.3 is 0 Å². The number of nitrogens with zero attached hydrogens (tertiary/aromatic N) is 3. The summed E-state index contributed by atoms with van der Waals surface area (Å²) in [5, 5.41) is 3.25. The second kappa shape index (κ2) is 7.94. The fourth-order valence-corrected chi connectivity index (χ4v) is 5.20. The normalized spacial score (nSPS) is 21.9. The maximum absolute atomic E-state index is 13.3. The summed E-state index contributed by atoms with van der Waals surface area (Å²) in [6.07, 6.45) is 7.23. The molecule has 2 aromatic rings. The fraction of sp³-hybridized carbons (Fsp3) is 0.350. The molecule has 0 radical (unpaired) electrons. The zero-order chi connectivity index (χ0) is 18.8. The van der Waals surface area contributed by atoms with Gasteiger partial charge in [-0.05, 0) is 54.8 Å². The Kier molecular flexibility index (Phi) is 5.41. The summed E-state index contributed by atoms with van der Waals surface area (Å²) < 4.78 is 13.3. The highest BCUT2D eigenvalue weighted by molar-refractivity contribution is 8.18. The molecule has 7 heteroatoms. The number of thiazole rings is 1.